The van der Waals surface area contributed by atoms with Crippen LogP contribution in [0.15, 0.2) is 30.3 Å². The molecule has 2 heteroatoms. The van der Waals surface area contributed by atoms with E-state index in [9.17, 15) is 0 Å². The molecule has 0 heterocycles. The van der Waals surface area contributed by atoms with Crippen LogP contribution in [-0.4, -0.2) is 30.1 Å². The lowest BCUT2D eigenvalue weighted by molar-refractivity contribution is 0.101. The molecule has 2 rings (SSSR count). The maximum Gasteiger partial charge on any atom is 0.0287 e. The number of hydrogen-bond donors (Lipinski definition) is 1. The van der Waals surface area contributed by atoms with E-state index in [2.05, 4.69) is 49.1 Å². The van der Waals surface area contributed by atoms with Gasteiger partial charge in [-0.25, -0.2) is 0 Å². The smallest absolute Gasteiger partial charge is 0.0287 e. The summed E-state index contributed by atoms with van der Waals surface area (Å²) >= 11 is 0. The van der Waals surface area contributed by atoms with Gasteiger partial charge in [0.25, 0.3) is 0 Å². The van der Waals surface area contributed by atoms with E-state index < -0.39 is 0 Å². The highest BCUT2D eigenvalue weighted by molar-refractivity contribution is 5.20. The highest BCUT2D eigenvalue weighted by atomic mass is 15.2. The summed E-state index contributed by atoms with van der Waals surface area (Å²) in [4.78, 5) is 2.68. The second-order valence-corrected chi connectivity index (χ2v) is 6.12. The van der Waals surface area contributed by atoms with Gasteiger partial charge in [0.05, 0.1) is 0 Å². The van der Waals surface area contributed by atoms with Crippen LogP contribution in [0.4, 0.5) is 0 Å². The summed E-state index contributed by atoms with van der Waals surface area (Å²) in [5.41, 5.74) is 7.57. The maximum absolute atomic E-state index is 6.15. The topological polar surface area (TPSA) is 29.3 Å². The first kappa shape index (κ1) is 15.5. The molecule has 0 amide bonds. The largest absolute Gasteiger partial charge is 0.329 e. The summed E-state index contributed by atoms with van der Waals surface area (Å²) in [5.74, 6) is 0.503. The van der Waals surface area contributed by atoms with Gasteiger partial charge in [-0.1, -0.05) is 63.4 Å². The van der Waals surface area contributed by atoms with Crippen LogP contribution >= 0.6 is 0 Å². The third-order valence-electron chi connectivity index (χ3n) is 4.98. The van der Waals surface area contributed by atoms with Crippen molar-refractivity contribution < 1.29 is 0 Å². The van der Waals surface area contributed by atoms with Crippen molar-refractivity contribution in [1.29, 1.82) is 0 Å². The van der Waals surface area contributed by atoms with Gasteiger partial charge in [0.1, 0.15) is 0 Å². The lowest BCUT2D eigenvalue weighted by Gasteiger charge is -2.41. The number of benzene rings is 1. The van der Waals surface area contributed by atoms with Crippen LogP contribution in [0.2, 0.25) is 0 Å². The molecular weight excluding hydrogens is 244 g/mol. The van der Waals surface area contributed by atoms with E-state index in [0.717, 1.165) is 19.1 Å². The van der Waals surface area contributed by atoms with Crippen LogP contribution < -0.4 is 5.73 Å². The number of nitrogens with zero attached hydrogens (tertiary/aromatic N) is 1. The molecule has 0 radical (unpaired) electrons. The summed E-state index contributed by atoms with van der Waals surface area (Å²) in [6.07, 6.45) is 6.89. The highest BCUT2D eigenvalue weighted by Gasteiger charge is 2.29. The number of hydrogen-bond acceptors (Lipinski definition) is 2. The fourth-order valence-electron chi connectivity index (χ4n) is 3.78. The van der Waals surface area contributed by atoms with Gasteiger partial charge in [0.2, 0.25) is 0 Å². The Morgan fingerprint density at radius 2 is 1.80 bits per heavy atom. The molecule has 0 aromatic heterocycles. The average Bonchev–Trinajstić information content (AvgIpc) is 2.53. The zero-order chi connectivity index (χ0) is 14.4. The van der Waals surface area contributed by atoms with Crippen LogP contribution in [0.1, 0.15) is 57.4 Å². The standard InChI is InChI=1S/C18H30N2/c1-3-20(17-12-8-5-9-13-17)18(14-19)15(2)16-10-6-4-7-11-16/h4,6-7,10-11,15,17-18H,3,5,8-9,12-14,19H2,1-2H3. The van der Waals surface area contributed by atoms with E-state index in [1.165, 1.54) is 37.7 Å². The Kier molecular flexibility index (Phi) is 6.06. The Labute approximate surface area is 124 Å². The molecule has 0 saturated heterocycles. The van der Waals surface area contributed by atoms with Gasteiger partial charge in [-0.2, -0.15) is 0 Å². The average molecular weight is 274 g/mol. The molecule has 0 bridgehead atoms. The summed E-state index contributed by atoms with van der Waals surface area (Å²) in [7, 11) is 0. The van der Waals surface area contributed by atoms with E-state index in [0.29, 0.717) is 12.0 Å². The van der Waals surface area contributed by atoms with Gasteiger partial charge < -0.3 is 5.73 Å². The Morgan fingerprint density at radius 1 is 1.15 bits per heavy atom. The first-order valence-electron chi connectivity index (χ1n) is 8.28. The number of nitrogens with two attached hydrogens (primary N) is 1. The lowest BCUT2D eigenvalue weighted by Crippen LogP contribution is -2.49. The van der Waals surface area contributed by atoms with Crippen molar-refractivity contribution in [1.82, 2.24) is 4.90 Å². The minimum atomic E-state index is 0.463. The van der Waals surface area contributed by atoms with Crippen molar-refractivity contribution in [2.45, 2.75) is 64.0 Å². The Morgan fingerprint density at radius 3 is 2.35 bits per heavy atom. The minimum Gasteiger partial charge on any atom is -0.329 e. The predicted molar refractivity (Wildman–Crippen MR) is 87.0 cm³/mol. The molecule has 0 aliphatic heterocycles. The van der Waals surface area contributed by atoms with Crippen molar-refractivity contribution in [3.63, 3.8) is 0 Å². The third-order valence-corrected chi connectivity index (χ3v) is 4.98. The van der Waals surface area contributed by atoms with Crippen LogP contribution in [0.3, 0.4) is 0 Å². The van der Waals surface area contributed by atoms with Crippen molar-refractivity contribution in [3.05, 3.63) is 35.9 Å². The van der Waals surface area contributed by atoms with Gasteiger partial charge in [-0.15, -0.1) is 0 Å². The summed E-state index contributed by atoms with van der Waals surface area (Å²) in [5, 5.41) is 0. The fourth-order valence-corrected chi connectivity index (χ4v) is 3.78. The first-order valence-corrected chi connectivity index (χ1v) is 8.28. The second-order valence-electron chi connectivity index (χ2n) is 6.12. The van der Waals surface area contributed by atoms with Crippen LogP contribution in [-0.2, 0) is 0 Å². The third kappa shape index (κ3) is 3.62. The molecule has 2 atom stereocenters. The van der Waals surface area contributed by atoms with Gasteiger partial charge in [-0.05, 0) is 30.9 Å². The molecule has 1 saturated carbocycles. The molecule has 2 unspecified atom stereocenters. The molecule has 0 spiro atoms. The zero-order valence-corrected chi connectivity index (χ0v) is 13.1. The second kappa shape index (κ2) is 7.80. The SMILES string of the molecule is CCN(C1CCCCC1)C(CN)C(C)c1ccccc1. The Balaban J connectivity index is 2.11. The quantitative estimate of drug-likeness (QED) is 0.855. The summed E-state index contributed by atoms with van der Waals surface area (Å²) < 4.78 is 0. The molecule has 2 nitrogen and oxygen atoms in total. The fraction of sp³-hybridized carbons (Fsp3) is 0.667. The van der Waals surface area contributed by atoms with Gasteiger partial charge >= 0.3 is 0 Å². The van der Waals surface area contributed by atoms with Crippen molar-refractivity contribution >= 4 is 0 Å². The normalized spacial score (nSPS) is 20.0. The van der Waals surface area contributed by atoms with E-state index in [-0.39, 0.29) is 0 Å². The van der Waals surface area contributed by atoms with E-state index in [4.69, 9.17) is 5.73 Å². The van der Waals surface area contributed by atoms with Crippen molar-refractivity contribution in [2.75, 3.05) is 13.1 Å². The van der Waals surface area contributed by atoms with E-state index in [1.54, 1.807) is 0 Å². The molecule has 1 aliphatic carbocycles. The minimum absolute atomic E-state index is 0.463. The van der Waals surface area contributed by atoms with Crippen molar-refractivity contribution in [3.8, 4) is 0 Å². The van der Waals surface area contributed by atoms with Crippen LogP contribution in [0, 0.1) is 0 Å². The summed E-state index contributed by atoms with van der Waals surface area (Å²) in [6.45, 7) is 6.48. The molecule has 1 aromatic carbocycles. The zero-order valence-electron chi connectivity index (χ0n) is 13.1. The first-order chi connectivity index (χ1) is 9.77. The molecular formula is C18H30N2. The predicted octanol–water partition coefficient (Wildman–Crippen LogP) is 3.77. The molecule has 1 aromatic rings. The number of likely N-dealkylation sites (N-methyl/N-ethyl adjacent to an activating group) is 1. The molecule has 20 heavy (non-hydrogen) atoms. The van der Waals surface area contributed by atoms with Gasteiger partial charge in [0.15, 0.2) is 0 Å². The molecule has 1 aliphatic rings. The Hall–Kier alpha value is -0.860. The lowest BCUT2D eigenvalue weighted by atomic mass is 9.88. The maximum atomic E-state index is 6.15. The van der Waals surface area contributed by atoms with E-state index >= 15 is 0 Å². The van der Waals surface area contributed by atoms with Gasteiger partial charge in [-0.3, -0.25) is 4.90 Å². The monoisotopic (exact) mass is 274 g/mol. The molecule has 2 N–H and O–H groups in total. The van der Waals surface area contributed by atoms with Crippen molar-refractivity contribution in [2.24, 2.45) is 5.73 Å². The van der Waals surface area contributed by atoms with E-state index in [1.807, 2.05) is 0 Å². The molecule has 1 fully saturated rings. The molecule has 112 valence electrons. The summed E-state index contributed by atoms with van der Waals surface area (Å²) in [6, 6.07) is 12.0. The highest BCUT2D eigenvalue weighted by Crippen LogP contribution is 2.29. The Bertz CT molecular complexity index is 370. The van der Waals surface area contributed by atoms with Crippen LogP contribution in [0.5, 0.6) is 0 Å². The van der Waals surface area contributed by atoms with Gasteiger partial charge in [0, 0.05) is 18.6 Å². The number of rotatable bonds is 6. The van der Waals surface area contributed by atoms with Crippen LogP contribution in [0.25, 0.3) is 0 Å².